The molecule has 2 N–H and O–H groups in total. The van der Waals surface area contributed by atoms with Crippen LogP contribution in [0.3, 0.4) is 0 Å². The van der Waals surface area contributed by atoms with Crippen molar-refractivity contribution < 1.29 is 23.5 Å². The Labute approximate surface area is 126 Å². The average molecular weight is 305 g/mol. The van der Waals surface area contributed by atoms with Crippen LogP contribution in [0.2, 0.25) is 0 Å². The molecule has 1 atom stereocenters. The van der Waals surface area contributed by atoms with E-state index in [0.717, 1.165) is 0 Å². The summed E-state index contributed by atoms with van der Waals surface area (Å²) >= 11 is 0. The van der Waals surface area contributed by atoms with E-state index in [4.69, 9.17) is 9.52 Å². The number of aliphatic carboxylic acids is 1. The number of hydrogen-bond acceptors (Lipinski definition) is 3. The van der Waals surface area contributed by atoms with E-state index < -0.39 is 12.0 Å². The van der Waals surface area contributed by atoms with Crippen molar-refractivity contribution in [3.8, 4) is 11.3 Å². The normalized spacial score (nSPS) is 11.9. The molecule has 1 amide bonds. The number of benzene rings is 1. The van der Waals surface area contributed by atoms with E-state index in [2.05, 4.69) is 5.32 Å². The number of furan rings is 1. The Kier molecular flexibility index (Phi) is 4.93. The van der Waals surface area contributed by atoms with Gasteiger partial charge in [-0.1, -0.05) is 12.1 Å². The van der Waals surface area contributed by atoms with Crippen molar-refractivity contribution in [2.75, 3.05) is 0 Å². The van der Waals surface area contributed by atoms with Gasteiger partial charge in [0.25, 0.3) is 0 Å². The number of aryl methyl sites for hydroxylation is 1. The molecule has 2 rings (SSSR count). The second-order valence-corrected chi connectivity index (χ2v) is 4.87. The summed E-state index contributed by atoms with van der Waals surface area (Å²) in [7, 11) is 0. The maximum absolute atomic E-state index is 13.6. The lowest BCUT2D eigenvalue weighted by Crippen LogP contribution is -2.38. The quantitative estimate of drug-likeness (QED) is 0.859. The molecule has 2 aromatic rings. The number of carboxylic acid groups (broad SMARTS) is 1. The van der Waals surface area contributed by atoms with E-state index in [-0.39, 0.29) is 18.1 Å². The summed E-state index contributed by atoms with van der Waals surface area (Å²) in [5.74, 6) is -0.910. The van der Waals surface area contributed by atoms with Crippen LogP contribution < -0.4 is 5.32 Å². The van der Waals surface area contributed by atoms with Gasteiger partial charge < -0.3 is 14.8 Å². The lowest BCUT2D eigenvalue weighted by molar-refractivity contribution is -0.141. The summed E-state index contributed by atoms with van der Waals surface area (Å²) in [6.45, 7) is 1.39. The number of halogens is 1. The topological polar surface area (TPSA) is 79.5 Å². The van der Waals surface area contributed by atoms with Crippen LogP contribution in [0.15, 0.2) is 40.8 Å². The van der Waals surface area contributed by atoms with Gasteiger partial charge in [-0.25, -0.2) is 4.39 Å². The fourth-order valence-corrected chi connectivity index (χ4v) is 1.93. The third-order valence-corrected chi connectivity index (χ3v) is 3.15. The van der Waals surface area contributed by atoms with Crippen LogP contribution in [0.25, 0.3) is 11.3 Å². The predicted octanol–water partition coefficient (Wildman–Crippen LogP) is 2.61. The molecule has 0 bridgehead atoms. The largest absolute Gasteiger partial charge is 0.480 e. The number of carbonyl (C=O) groups is 2. The van der Waals surface area contributed by atoms with Gasteiger partial charge in [-0.05, 0) is 31.2 Å². The molecule has 1 aromatic heterocycles. The summed E-state index contributed by atoms with van der Waals surface area (Å²) in [5.41, 5.74) is 0.359. The molecular formula is C16H16FNO4. The fourth-order valence-electron chi connectivity index (χ4n) is 1.93. The molecule has 0 fully saturated rings. The van der Waals surface area contributed by atoms with E-state index in [1.165, 1.54) is 13.0 Å². The minimum atomic E-state index is -1.09. The Bertz CT molecular complexity index is 680. The van der Waals surface area contributed by atoms with Crippen molar-refractivity contribution in [3.63, 3.8) is 0 Å². The first-order valence-corrected chi connectivity index (χ1v) is 6.83. The van der Waals surface area contributed by atoms with Crippen LogP contribution in [0, 0.1) is 5.82 Å². The Hall–Kier alpha value is -2.63. The summed E-state index contributed by atoms with van der Waals surface area (Å²) in [6.07, 6.45) is 0.411. The summed E-state index contributed by atoms with van der Waals surface area (Å²) in [4.78, 5) is 22.2. The summed E-state index contributed by atoms with van der Waals surface area (Å²) in [6, 6.07) is 8.65. The molecule has 0 spiro atoms. The zero-order valence-corrected chi connectivity index (χ0v) is 12.0. The molecule has 22 heavy (non-hydrogen) atoms. The second kappa shape index (κ2) is 6.89. The van der Waals surface area contributed by atoms with Gasteiger partial charge in [0.1, 0.15) is 23.4 Å². The number of carboxylic acids is 1. The van der Waals surface area contributed by atoms with Crippen LogP contribution >= 0.6 is 0 Å². The smallest absolute Gasteiger partial charge is 0.325 e. The van der Waals surface area contributed by atoms with E-state index >= 15 is 0 Å². The predicted molar refractivity (Wildman–Crippen MR) is 77.7 cm³/mol. The van der Waals surface area contributed by atoms with Gasteiger partial charge in [-0.15, -0.1) is 0 Å². The van der Waals surface area contributed by atoms with Crippen molar-refractivity contribution in [2.24, 2.45) is 0 Å². The van der Waals surface area contributed by atoms with Crippen LogP contribution in [-0.4, -0.2) is 23.0 Å². The first-order valence-electron chi connectivity index (χ1n) is 6.83. The molecular weight excluding hydrogens is 289 g/mol. The molecule has 1 heterocycles. The van der Waals surface area contributed by atoms with Crippen molar-refractivity contribution in [3.05, 3.63) is 48.0 Å². The third kappa shape index (κ3) is 3.94. The standard InChI is InChI=1S/C16H16FNO4/c1-10(16(20)21)18-15(19)9-7-11-6-8-14(22-11)12-4-2-3-5-13(12)17/h2-6,8,10H,7,9H2,1H3,(H,18,19)(H,20,21)/t10-/m1/s1. The van der Waals surface area contributed by atoms with E-state index in [1.54, 1.807) is 30.3 Å². The highest BCUT2D eigenvalue weighted by Gasteiger charge is 2.15. The van der Waals surface area contributed by atoms with Gasteiger partial charge >= 0.3 is 5.97 Å². The molecule has 6 heteroatoms. The van der Waals surface area contributed by atoms with Gasteiger partial charge in [-0.3, -0.25) is 9.59 Å². The monoisotopic (exact) mass is 305 g/mol. The van der Waals surface area contributed by atoms with Crippen molar-refractivity contribution in [1.29, 1.82) is 0 Å². The van der Waals surface area contributed by atoms with Crippen molar-refractivity contribution in [2.45, 2.75) is 25.8 Å². The molecule has 5 nitrogen and oxygen atoms in total. The molecule has 0 radical (unpaired) electrons. The molecule has 116 valence electrons. The zero-order valence-electron chi connectivity index (χ0n) is 12.0. The van der Waals surface area contributed by atoms with E-state index in [0.29, 0.717) is 23.5 Å². The van der Waals surface area contributed by atoms with Gasteiger partial charge in [-0.2, -0.15) is 0 Å². The van der Waals surface area contributed by atoms with Crippen LogP contribution in [0.1, 0.15) is 19.1 Å². The lowest BCUT2D eigenvalue weighted by atomic mass is 10.1. The van der Waals surface area contributed by atoms with Crippen LogP contribution in [-0.2, 0) is 16.0 Å². The summed E-state index contributed by atoms with van der Waals surface area (Å²) < 4.78 is 19.2. The molecule has 0 aliphatic rings. The first-order chi connectivity index (χ1) is 10.5. The van der Waals surface area contributed by atoms with Crippen molar-refractivity contribution >= 4 is 11.9 Å². The highest BCUT2D eigenvalue weighted by molar-refractivity contribution is 5.83. The number of nitrogens with one attached hydrogen (secondary N) is 1. The number of carbonyl (C=O) groups excluding carboxylic acids is 1. The van der Waals surface area contributed by atoms with Crippen LogP contribution in [0.4, 0.5) is 4.39 Å². The fraction of sp³-hybridized carbons (Fsp3) is 0.250. The minimum absolute atomic E-state index is 0.0991. The Morgan fingerprint density at radius 3 is 2.68 bits per heavy atom. The SMILES string of the molecule is C[C@@H](NC(=O)CCc1ccc(-c2ccccc2F)o1)C(=O)O. The maximum Gasteiger partial charge on any atom is 0.325 e. The van der Waals surface area contributed by atoms with E-state index in [1.807, 2.05) is 0 Å². The van der Waals surface area contributed by atoms with Gasteiger partial charge in [0.15, 0.2) is 0 Å². The molecule has 0 saturated carbocycles. The third-order valence-electron chi connectivity index (χ3n) is 3.15. The minimum Gasteiger partial charge on any atom is -0.480 e. The highest BCUT2D eigenvalue weighted by atomic mass is 19.1. The molecule has 0 aliphatic carbocycles. The first kappa shape index (κ1) is 15.8. The highest BCUT2D eigenvalue weighted by Crippen LogP contribution is 2.25. The van der Waals surface area contributed by atoms with Crippen molar-refractivity contribution in [1.82, 2.24) is 5.32 Å². The number of rotatable bonds is 6. The Balaban J connectivity index is 1.94. The summed E-state index contributed by atoms with van der Waals surface area (Å²) in [5, 5.41) is 11.1. The number of amides is 1. The maximum atomic E-state index is 13.6. The molecule has 0 aliphatic heterocycles. The van der Waals surface area contributed by atoms with Gasteiger partial charge in [0.2, 0.25) is 5.91 Å². The number of hydrogen-bond donors (Lipinski definition) is 2. The Morgan fingerprint density at radius 1 is 1.27 bits per heavy atom. The Morgan fingerprint density at radius 2 is 2.00 bits per heavy atom. The van der Waals surface area contributed by atoms with E-state index in [9.17, 15) is 14.0 Å². The van der Waals surface area contributed by atoms with Crippen LogP contribution in [0.5, 0.6) is 0 Å². The van der Waals surface area contributed by atoms with Gasteiger partial charge in [0, 0.05) is 12.8 Å². The second-order valence-electron chi connectivity index (χ2n) is 4.87. The van der Waals surface area contributed by atoms with Gasteiger partial charge in [0.05, 0.1) is 5.56 Å². The molecule has 0 saturated heterocycles. The zero-order chi connectivity index (χ0) is 16.1. The molecule has 0 unspecified atom stereocenters. The average Bonchev–Trinajstić information content (AvgIpc) is 2.94. The lowest BCUT2D eigenvalue weighted by Gasteiger charge is -2.08. The molecule has 1 aromatic carbocycles.